The van der Waals surface area contributed by atoms with Crippen LogP contribution in [-0.4, -0.2) is 31.1 Å². The number of hydrogen-bond donors (Lipinski definition) is 2. The molecule has 108 valence electrons. The molecule has 1 spiro atoms. The minimum absolute atomic E-state index is 0.0657. The molecule has 1 saturated heterocycles. The van der Waals surface area contributed by atoms with E-state index in [2.05, 4.69) is 53.3 Å². The Balaban J connectivity index is 2.06. The van der Waals surface area contributed by atoms with E-state index in [0.29, 0.717) is 11.9 Å². The van der Waals surface area contributed by atoms with Crippen molar-refractivity contribution in [2.24, 2.45) is 16.6 Å². The molecular formula is C16H24N4. The van der Waals surface area contributed by atoms with Gasteiger partial charge in [-0.3, -0.25) is 4.99 Å². The van der Waals surface area contributed by atoms with Gasteiger partial charge < -0.3 is 16.0 Å². The number of aryl methyl sites for hydroxylation is 1. The summed E-state index contributed by atoms with van der Waals surface area (Å²) in [7, 11) is 0. The molecule has 2 aliphatic rings. The summed E-state index contributed by atoms with van der Waals surface area (Å²) < 4.78 is 0. The number of aliphatic imine (C=N–C) groups is 1. The van der Waals surface area contributed by atoms with Gasteiger partial charge in [-0.05, 0) is 43.9 Å². The molecule has 4 nitrogen and oxygen atoms in total. The van der Waals surface area contributed by atoms with Crippen molar-refractivity contribution in [1.82, 2.24) is 5.32 Å². The van der Waals surface area contributed by atoms with Crippen molar-refractivity contribution in [3.8, 4) is 0 Å². The number of hydrogen-bond acceptors (Lipinski definition) is 4. The van der Waals surface area contributed by atoms with Crippen LogP contribution in [0.15, 0.2) is 29.3 Å². The van der Waals surface area contributed by atoms with Crippen LogP contribution in [0.2, 0.25) is 0 Å². The molecule has 0 bridgehead atoms. The summed E-state index contributed by atoms with van der Waals surface area (Å²) in [5.41, 5.74) is 8.80. The van der Waals surface area contributed by atoms with Crippen molar-refractivity contribution in [3.05, 3.63) is 29.8 Å². The van der Waals surface area contributed by atoms with Crippen LogP contribution >= 0.6 is 0 Å². The van der Waals surface area contributed by atoms with Gasteiger partial charge in [0, 0.05) is 12.2 Å². The maximum atomic E-state index is 6.26. The second kappa shape index (κ2) is 5.09. The van der Waals surface area contributed by atoms with Crippen LogP contribution in [0.25, 0.3) is 0 Å². The molecule has 3 N–H and O–H groups in total. The molecule has 1 fully saturated rings. The largest absolute Gasteiger partial charge is 0.369 e. The second-order valence-corrected chi connectivity index (χ2v) is 5.96. The minimum Gasteiger partial charge on any atom is -0.369 e. The zero-order chi connectivity index (χ0) is 14.2. The van der Waals surface area contributed by atoms with Gasteiger partial charge in [-0.25, -0.2) is 0 Å². The van der Waals surface area contributed by atoms with Crippen LogP contribution in [0, 0.1) is 12.8 Å². The topological polar surface area (TPSA) is 53.6 Å². The predicted octanol–water partition coefficient (Wildman–Crippen LogP) is 1.89. The van der Waals surface area contributed by atoms with Crippen LogP contribution in [0.1, 0.15) is 25.3 Å². The highest BCUT2D eigenvalue weighted by atomic mass is 15.4. The van der Waals surface area contributed by atoms with Gasteiger partial charge in [0.25, 0.3) is 0 Å². The first-order valence-electron chi connectivity index (χ1n) is 7.55. The van der Waals surface area contributed by atoms with Crippen molar-refractivity contribution in [3.63, 3.8) is 0 Å². The number of rotatable bonds is 2. The van der Waals surface area contributed by atoms with Crippen molar-refractivity contribution in [1.29, 1.82) is 0 Å². The molecule has 0 aromatic heterocycles. The van der Waals surface area contributed by atoms with E-state index >= 15 is 0 Å². The maximum Gasteiger partial charge on any atom is 0.196 e. The quantitative estimate of drug-likeness (QED) is 0.864. The zero-order valence-corrected chi connectivity index (χ0v) is 12.4. The summed E-state index contributed by atoms with van der Waals surface area (Å²) in [4.78, 5) is 6.92. The zero-order valence-electron chi connectivity index (χ0n) is 12.4. The van der Waals surface area contributed by atoms with E-state index < -0.39 is 0 Å². The number of para-hydroxylation sites is 1. The Hall–Kier alpha value is -1.55. The summed E-state index contributed by atoms with van der Waals surface area (Å²) in [5.74, 6) is 1.26. The fourth-order valence-electron chi connectivity index (χ4n) is 3.77. The Morgan fingerprint density at radius 1 is 1.45 bits per heavy atom. The van der Waals surface area contributed by atoms with Gasteiger partial charge in [-0.1, -0.05) is 25.1 Å². The van der Waals surface area contributed by atoms with Gasteiger partial charge in [0.2, 0.25) is 0 Å². The fourth-order valence-corrected chi connectivity index (χ4v) is 3.77. The van der Waals surface area contributed by atoms with E-state index in [1.54, 1.807) is 0 Å². The van der Waals surface area contributed by atoms with Gasteiger partial charge in [0.05, 0.1) is 12.1 Å². The molecule has 3 rings (SSSR count). The average Bonchev–Trinajstić information content (AvgIpc) is 2.78. The van der Waals surface area contributed by atoms with Crippen molar-refractivity contribution in [2.75, 3.05) is 24.5 Å². The molecule has 0 aliphatic carbocycles. The van der Waals surface area contributed by atoms with Gasteiger partial charge in [0.1, 0.15) is 0 Å². The van der Waals surface area contributed by atoms with Crippen molar-refractivity contribution in [2.45, 2.75) is 32.2 Å². The number of anilines is 1. The summed E-state index contributed by atoms with van der Waals surface area (Å²) >= 11 is 0. The first-order valence-corrected chi connectivity index (χ1v) is 7.55. The van der Waals surface area contributed by atoms with E-state index in [9.17, 15) is 0 Å². The third-order valence-electron chi connectivity index (χ3n) is 4.92. The lowest BCUT2D eigenvalue weighted by atomic mass is 9.75. The molecular weight excluding hydrogens is 248 g/mol. The van der Waals surface area contributed by atoms with E-state index in [4.69, 9.17) is 5.73 Å². The Bertz CT molecular complexity index is 525. The lowest BCUT2D eigenvalue weighted by Crippen LogP contribution is -2.62. The Labute approximate surface area is 121 Å². The first-order chi connectivity index (χ1) is 9.69. The molecule has 2 unspecified atom stereocenters. The van der Waals surface area contributed by atoms with Crippen molar-refractivity contribution >= 4 is 11.6 Å². The third kappa shape index (κ3) is 1.90. The summed E-state index contributed by atoms with van der Waals surface area (Å²) in [6.07, 6.45) is 2.25. The monoisotopic (exact) mass is 272 g/mol. The molecule has 2 atom stereocenters. The highest BCUT2D eigenvalue weighted by Crippen LogP contribution is 2.40. The Morgan fingerprint density at radius 2 is 2.25 bits per heavy atom. The number of nitrogens with zero attached hydrogens (tertiary/aromatic N) is 2. The Morgan fingerprint density at radius 3 is 3.00 bits per heavy atom. The van der Waals surface area contributed by atoms with Crippen LogP contribution in [0.4, 0.5) is 5.69 Å². The Kier molecular flexibility index (Phi) is 3.42. The van der Waals surface area contributed by atoms with Gasteiger partial charge in [-0.15, -0.1) is 0 Å². The number of piperidine rings is 1. The van der Waals surface area contributed by atoms with Gasteiger partial charge >= 0.3 is 0 Å². The molecule has 1 aromatic rings. The van der Waals surface area contributed by atoms with Crippen molar-refractivity contribution < 1.29 is 0 Å². The standard InChI is InChI=1S/C16H24N4/c1-3-13-10-18-9-8-16(13)11-19-15(17)20(16)14-7-5-4-6-12(14)2/h4-7,13,18H,3,8-11H2,1-2H3,(H2,17,19). The van der Waals surface area contributed by atoms with Crippen LogP contribution in [0.3, 0.4) is 0 Å². The number of nitrogens with one attached hydrogen (secondary N) is 1. The fraction of sp³-hybridized carbons (Fsp3) is 0.562. The first kappa shape index (κ1) is 13.4. The lowest BCUT2D eigenvalue weighted by molar-refractivity contribution is 0.216. The van der Waals surface area contributed by atoms with E-state index in [1.807, 2.05) is 0 Å². The van der Waals surface area contributed by atoms with Crippen LogP contribution in [-0.2, 0) is 0 Å². The van der Waals surface area contributed by atoms with Crippen LogP contribution in [0.5, 0.6) is 0 Å². The highest BCUT2D eigenvalue weighted by molar-refractivity contribution is 5.99. The number of guanidine groups is 1. The normalized spacial score (nSPS) is 29.8. The van der Waals surface area contributed by atoms with E-state index in [-0.39, 0.29) is 5.54 Å². The van der Waals surface area contributed by atoms with Gasteiger partial charge in [-0.2, -0.15) is 0 Å². The molecule has 1 aromatic carbocycles. The summed E-state index contributed by atoms with van der Waals surface area (Å²) in [6.45, 7) is 7.34. The highest BCUT2D eigenvalue weighted by Gasteiger charge is 2.49. The van der Waals surface area contributed by atoms with E-state index in [0.717, 1.165) is 32.5 Å². The molecule has 2 heterocycles. The van der Waals surface area contributed by atoms with Crippen LogP contribution < -0.4 is 16.0 Å². The average molecular weight is 272 g/mol. The lowest BCUT2D eigenvalue weighted by Gasteiger charge is -2.48. The number of benzene rings is 1. The maximum absolute atomic E-state index is 6.26. The summed E-state index contributed by atoms with van der Waals surface area (Å²) in [5, 5.41) is 3.52. The van der Waals surface area contributed by atoms with Gasteiger partial charge in [0.15, 0.2) is 5.96 Å². The molecule has 20 heavy (non-hydrogen) atoms. The third-order valence-corrected chi connectivity index (χ3v) is 4.92. The molecule has 0 amide bonds. The molecule has 0 saturated carbocycles. The molecule has 4 heteroatoms. The van der Waals surface area contributed by atoms with E-state index in [1.165, 1.54) is 11.3 Å². The molecule has 2 aliphatic heterocycles. The minimum atomic E-state index is 0.0657. The summed E-state index contributed by atoms with van der Waals surface area (Å²) in [6, 6.07) is 8.48. The second-order valence-electron chi connectivity index (χ2n) is 5.96. The molecule has 0 radical (unpaired) electrons. The SMILES string of the molecule is CCC1CNCCC12CN=C(N)N2c1ccccc1C. The smallest absolute Gasteiger partial charge is 0.196 e. The number of nitrogens with two attached hydrogens (primary N) is 1. The predicted molar refractivity (Wildman–Crippen MR) is 84.1 cm³/mol.